The summed E-state index contributed by atoms with van der Waals surface area (Å²) in [6.45, 7) is 6.97. The standard InChI is InChI=1S/C27H31N5O/c1-19(2)12-16-32-25-24(29-27(32)31-14-6-10-22(28)18-31)13-15-30(26(25)33)17-21-9-5-8-20-7-3-4-11-23(20)21/h3-5,7-9,11-13,15,22H,6,10,14,16-18,28H2,1-2H3. The molecule has 0 aliphatic carbocycles. The number of nitrogens with two attached hydrogens (primary N) is 1. The summed E-state index contributed by atoms with van der Waals surface area (Å²) in [7, 11) is 0. The van der Waals surface area contributed by atoms with E-state index in [0.29, 0.717) is 18.6 Å². The van der Waals surface area contributed by atoms with E-state index in [2.05, 4.69) is 59.7 Å². The lowest BCUT2D eigenvalue weighted by Gasteiger charge is -2.31. The number of aromatic nitrogens is 3. The number of hydrogen-bond acceptors (Lipinski definition) is 4. The molecule has 170 valence electrons. The van der Waals surface area contributed by atoms with Gasteiger partial charge in [0.15, 0.2) is 0 Å². The van der Waals surface area contributed by atoms with Crippen LogP contribution < -0.4 is 16.2 Å². The van der Waals surface area contributed by atoms with Crippen molar-refractivity contribution in [3.05, 3.63) is 82.3 Å². The molecule has 2 aromatic heterocycles. The van der Waals surface area contributed by atoms with Gasteiger partial charge < -0.3 is 19.8 Å². The van der Waals surface area contributed by atoms with E-state index in [9.17, 15) is 4.79 Å². The summed E-state index contributed by atoms with van der Waals surface area (Å²) in [5.41, 5.74) is 9.99. The Balaban J connectivity index is 1.62. The quantitative estimate of drug-likeness (QED) is 0.469. The van der Waals surface area contributed by atoms with E-state index in [4.69, 9.17) is 10.7 Å². The highest BCUT2D eigenvalue weighted by Crippen LogP contribution is 2.24. The van der Waals surface area contributed by atoms with Crippen molar-refractivity contribution in [2.45, 2.75) is 45.8 Å². The third-order valence-corrected chi connectivity index (χ3v) is 6.49. The van der Waals surface area contributed by atoms with E-state index < -0.39 is 0 Å². The van der Waals surface area contributed by atoms with Crippen LogP contribution in [-0.2, 0) is 13.1 Å². The predicted octanol–water partition coefficient (Wildman–Crippen LogP) is 4.29. The van der Waals surface area contributed by atoms with Crippen LogP contribution in [-0.4, -0.2) is 33.2 Å². The molecule has 1 atom stereocenters. The number of benzene rings is 2. The van der Waals surface area contributed by atoms with Crippen molar-refractivity contribution < 1.29 is 0 Å². The molecule has 0 saturated carbocycles. The fraction of sp³-hybridized carbons (Fsp3) is 0.333. The minimum atomic E-state index is -0.0114. The monoisotopic (exact) mass is 441 g/mol. The molecule has 1 aliphatic rings. The highest BCUT2D eigenvalue weighted by Gasteiger charge is 2.24. The first-order valence-corrected chi connectivity index (χ1v) is 11.7. The number of allylic oxidation sites excluding steroid dienone is 2. The normalized spacial score (nSPS) is 16.5. The summed E-state index contributed by atoms with van der Waals surface area (Å²) in [5.74, 6) is 0.845. The average molecular weight is 442 g/mol. The van der Waals surface area contributed by atoms with Crippen molar-refractivity contribution in [3.8, 4) is 0 Å². The molecule has 33 heavy (non-hydrogen) atoms. The van der Waals surface area contributed by atoms with Crippen LogP contribution in [0.5, 0.6) is 0 Å². The van der Waals surface area contributed by atoms with Gasteiger partial charge in [0.2, 0.25) is 5.95 Å². The number of piperidine rings is 1. The number of nitrogens with zero attached hydrogens (tertiary/aromatic N) is 4. The Morgan fingerprint density at radius 2 is 1.97 bits per heavy atom. The van der Waals surface area contributed by atoms with Gasteiger partial charge in [-0.25, -0.2) is 4.98 Å². The lowest BCUT2D eigenvalue weighted by atomic mass is 10.0. The number of anilines is 1. The summed E-state index contributed by atoms with van der Waals surface area (Å²) in [4.78, 5) is 20.9. The Labute approximate surface area is 194 Å². The minimum Gasteiger partial charge on any atom is -0.341 e. The van der Waals surface area contributed by atoms with Crippen LogP contribution in [0.4, 0.5) is 5.95 Å². The van der Waals surface area contributed by atoms with Crippen LogP contribution in [0.2, 0.25) is 0 Å². The molecule has 1 unspecified atom stereocenters. The molecule has 5 rings (SSSR count). The summed E-state index contributed by atoms with van der Waals surface area (Å²) in [5, 5.41) is 2.36. The summed E-state index contributed by atoms with van der Waals surface area (Å²) < 4.78 is 3.87. The van der Waals surface area contributed by atoms with Crippen molar-refractivity contribution in [1.29, 1.82) is 0 Å². The van der Waals surface area contributed by atoms with Crippen molar-refractivity contribution in [2.24, 2.45) is 5.73 Å². The molecule has 6 heteroatoms. The van der Waals surface area contributed by atoms with Crippen LogP contribution in [0.25, 0.3) is 21.8 Å². The van der Waals surface area contributed by atoms with E-state index in [1.165, 1.54) is 16.3 Å². The van der Waals surface area contributed by atoms with Crippen LogP contribution in [0.15, 0.2) is 71.2 Å². The zero-order valence-electron chi connectivity index (χ0n) is 19.4. The fourth-order valence-corrected chi connectivity index (χ4v) is 4.78. The van der Waals surface area contributed by atoms with Gasteiger partial charge in [-0.1, -0.05) is 54.1 Å². The Hall–Kier alpha value is -3.38. The van der Waals surface area contributed by atoms with Crippen LogP contribution in [0.1, 0.15) is 32.3 Å². The topological polar surface area (TPSA) is 69.1 Å². The molecule has 0 amide bonds. The van der Waals surface area contributed by atoms with Gasteiger partial charge in [-0.3, -0.25) is 4.79 Å². The highest BCUT2D eigenvalue weighted by molar-refractivity contribution is 5.85. The Bertz CT molecular complexity index is 1390. The second-order valence-electron chi connectivity index (χ2n) is 9.27. The van der Waals surface area contributed by atoms with Crippen molar-refractivity contribution in [1.82, 2.24) is 14.1 Å². The van der Waals surface area contributed by atoms with Gasteiger partial charge in [0.1, 0.15) is 5.52 Å². The van der Waals surface area contributed by atoms with E-state index in [1.807, 2.05) is 24.4 Å². The molecule has 0 spiro atoms. The Morgan fingerprint density at radius 1 is 1.15 bits per heavy atom. The fourth-order valence-electron chi connectivity index (χ4n) is 4.78. The number of fused-ring (bicyclic) bond motifs is 2. The van der Waals surface area contributed by atoms with Crippen molar-refractivity contribution in [2.75, 3.05) is 18.0 Å². The van der Waals surface area contributed by atoms with Crippen LogP contribution >= 0.6 is 0 Å². The SMILES string of the molecule is CC(C)=CCn1c(N2CCCC(N)C2)nc2ccn(Cc3cccc4ccccc34)c(=O)c21. The molecule has 1 saturated heterocycles. The van der Waals surface area contributed by atoms with Crippen molar-refractivity contribution >= 4 is 27.8 Å². The summed E-state index contributed by atoms with van der Waals surface area (Å²) >= 11 is 0. The molecule has 1 aliphatic heterocycles. The zero-order chi connectivity index (χ0) is 22.9. The van der Waals surface area contributed by atoms with E-state index in [0.717, 1.165) is 43.0 Å². The third-order valence-electron chi connectivity index (χ3n) is 6.49. The maximum absolute atomic E-state index is 13.7. The number of rotatable bonds is 5. The smallest absolute Gasteiger partial charge is 0.277 e. The van der Waals surface area contributed by atoms with Crippen molar-refractivity contribution in [3.63, 3.8) is 0 Å². The molecule has 1 fully saturated rings. The minimum absolute atomic E-state index is 0.0114. The Morgan fingerprint density at radius 3 is 2.79 bits per heavy atom. The first kappa shape index (κ1) is 21.5. The van der Waals surface area contributed by atoms with Gasteiger partial charge >= 0.3 is 0 Å². The molecule has 0 radical (unpaired) electrons. The molecule has 4 aromatic rings. The molecule has 6 nitrogen and oxygen atoms in total. The number of pyridine rings is 1. The van der Waals surface area contributed by atoms with Gasteiger partial charge in [-0.05, 0) is 49.1 Å². The van der Waals surface area contributed by atoms with Gasteiger partial charge in [0, 0.05) is 31.9 Å². The molecular formula is C27H31N5O. The zero-order valence-corrected chi connectivity index (χ0v) is 19.4. The molecule has 2 N–H and O–H groups in total. The molecule has 2 aromatic carbocycles. The lowest BCUT2D eigenvalue weighted by molar-refractivity contribution is 0.495. The van der Waals surface area contributed by atoms with Gasteiger partial charge in [0.05, 0.1) is 12.1 Å². The first-order chi connectivity index (χ1) is 16.0. The number of imidazole rings is 1. The van der Waals surface area contributed by atoms with Crippen LogP contribution in [0.3, 0.4) is 0 Å². The Kier molecular flexibility index (Phi) is 5.77. The van der Waals surface area contributed by atoms with Gasteiger partial charge in [-0.15, -0.1) is 0 Å². The predicted molar refractivity (Wildman–Crippen MR) is 136 cm³/mol. The third kappa shape index (κ3) is 4.18. The van der Waals surface area contributed by atoms with E-state index >= 15 is 0 Å². The highest BCUT2D eigenvalue weighted by atomic mass is 16.1. The van der Waals surface area contributed by atoms with E-state index in [1.54, 1.807) is 4.57 Å². The summed E-state index contributed by atoms with van der Waals surface area (Å²) in [6, 6.07) is 16.7. The maximum atomic E-state index is 13.7. The van der Waals surface area contributed by atoms with Gasteiger partial charge in [0.25, 0.3) is 5.56 Å². The lowest BCUT2D eigenvalue weighted by Crippen LogP contribution is -2.44. The molecule has 0 bridgehead atoms. The van der Waals surface area contributed by atoms with Crippen LogP contribution in [0, 0.1) is 0 Å². The first-order valence-electron chi connectivity index (χ1n) is 11.7. The summed E-state index contributed by atoms with van der Waals surface area (Å²) in [6.07, 6.45) is 6.09. The number of hydrogen-bond donors (Lipinski definition) is 1. The molecular weight excluding hydrogens is 410 g/mol. The second kappa shape index (κ2) is 8.87. The average Bonchev–Trinajstić information content (AvgIpc) is 3.19. The van der Waals surface area contributed by atoms with E-state index in [-0.39, 0.29) is 11.6 Å². The maximum Gasteiger partial charge on any atom is 0.277 e. The second-order valence-corrected chi connectivity index (χ2v) is 9.27. The largest absolute Gasteiger partial charge is 0.341 e. The molecule has 3 heterocycles. The van der Waals surface area contributed by atoms with Gasteiger partial charge in [-0.2, -0.15) is 0 Å².